The molecule has 1 amide bonds. The molecular weight excluding hydrogens is 508 g/mol. The highest BCUT2D eigenvalue weighted by molar-refractivity contribution is 5.96. The number of rotatable bonds is 15. The van der Waals surface area contributed by atoms with Gasteiger partial charge in [0, 0.05) is 25.2 Å². The van der Waals surface area contributed by atoms with Gasteiger partial charge in [-0.1, -0.05) is 57.4 Å². The smallest absolute Gasteiger partial charge is 0.276 e. The summed E-state index contributed by atoms with van der Waals surface area (Å²) in [6.07, 6.45) is 15.7. The minimum atomic E-state index is -0.0358. The van der Waals surface area contributed by atoms with Gasteiger partial charge in [0.25, 0.3) is 5.91 Å². The summed E-state index contributed by atoms with van der Waals surface area (Å²) in [6, 6.07) is 9.93. The van der Waals surface area contributed by atoms with Crippen molar-refractivity contribution in [2.24, 2.45) is 5.92 Å². The van der Waals surface area contributed by atoms with Crippen LogP contribution in [0.4, 0.5) is 0 Å². The Kier molecular flexibility index (Phi) is 11.1. The highest BCUT2D eigenvalue weighted by Gasteiger charge is 2.29. The van der Waals surface area contributed by atoms with Gasteiger partial charge in [-0.3, -0.25) is 9.69 Å². The summed E-state index contributed by atoms with van der Waals surface area (Å²) in [5.41, 5.74) is 5.47. The van der Waals surface area contributed by atoms with Crippen LogP contribution >= 0.6 is 0 Å². The van der Waals surface area contributed by atoms with Crippen LogP contribution < -0.4 is 5.32 Å². The van der Waals surface area contributed by atoms with Gasteiger partial charge < -0.3 is 14.6 Å². The normalized spacial score (nSPS) is 15.9. The summed E-state index contributed by atoms with van der Waals surface area (Å²) in [5.74, 6) is 2.32. The molecule has 0 aliphatic heterocycles. The molecule has 220 valence electrons. The summed E-state index contributed by atoms with van der Waals surface area (Å²) in [7, 11) is 0. The van der Waals surface area contributed by atoms with Crippen LogP contribution in [-0.2, 0) is 4.79 Å². The van der Waals surface area contributed by atoms with Crippen molar-refractivity contribution in [1.29, 1.82) is 0 Å². The number of aromatic nitrogens is 1. The van der Waals surface area contributed by atoms with Gasteiger partial charge in [-0.05, 0) is 87.6 Å². The van der Waals surface area contributed by atoms with Crippen molar-refractivity contribution < 1.29 is 9.21 Å². The minimum absolute atomic E-state index is 0.0358. The largest absolute Gasteiger partial charge is 0.444 e. The van der Waals surface area contributed by atoms with Crippen LogP contribution in [0.1, 0.15) is 91.2 Å². The molecule has 0 saturated heterocycles. The average Bonchev–Trinajstić information content (AvgIpc) is 3.43. The molecule has 4 rings (SSSR count). The highest BCUT2D eigenvalue weighted by atomic mass is 16.3. The number of amides is 1. The van der Waals surface area contributed by atoms with Crippen molar-refractivity contribution in [1.82, 2.24) is 20.1 Å². The van der Waals surface area contributed by atoms with Gasteiger partial charge in [-0.25, -0.2) is 4.98 Å². The summed E-state index contributed by atoms with van der Waals surface area (Å²) in [4.78, 5) is 23.6. The van der Waals surface area contributed by atoms with Crippen molar-refractivity contribution in [3.05, 3.63) is 83.7 Å². The number of hydrogen-bond acceptors (Lipinski definition) is 5. The van der Waals surface area contributed by atoms with Crippen molar-refractivity contribution in [2.75, 3.05) is 19.6 Å². The lowest BCUT2D eigenvalue weighted by Crippen LogP contribution is -2.43. The Labute approximate surface area is 246 Å². The van der Waals surface area contributed by atoms with E-state index in [1.54, 1.807) is 6.26 Å². The lowest BCUT2D eigenvalue weighted by atomic mass is 9.83. The lowest BCUT2D eigenvalue weighted by Gasteiger charge is -2.37. The van der Waals surface area contributed by atoms with Gasteiger partial charge in [0.05, 0.1) is 5.70 Å². The maximum Gasteiger partial charge on any atom is 0.276 e. The van der Waals surface area contributed by atoms with E-state index >= 15 is 0 Å². The SMILES string of the molecule is C=CCN(C(=O)/C(NC(=C1CCC1)c1coc(-c2ccccc2)n1)=C(\C)CC)/C(=C\C)N(CCC)CCC1CCC1. The lowest BCUT2D eigenvalue weighted by molar-refractivity contribution is -0.126. The molecule has 2 aliphatic carbocycles. The summed E-state index contributed by atoms with van der Waals surface area (Å²) < 4.78 is 5.91. The zero-order chi connectivity index (χ0) is 29.2. The molecule has 6 nitrogen and oxygen atoms in total. The van der Waals surface area contributed by atoms with Crippen molar-refractivity contribution >= 4 is 11.6 Å². The van der Waals surface area contributed by atoms with Gasteiger partial charge in [0.15, 0.2) is 0 Å². The Morgan fingerprint density at radius 3 is 2.46 bits per heavy atom. The molecule has 1 aromatic heterocycles. The molecule has 0 unspecified atom stereocenters. The molecule has 0 bridgehead atoms. The molecular formula is C35H48N4O2. The van der Waals surface area contributed by atoms with E-state index in [9.17, 15) is 4.79 Å². The number of carbonyl (C=O) groups is 1. The van der Waals surface area contributed by atoms with E-state index in [1.807, 2.05) is 55.2 Å². The molecule has 1 N–H and O–H groups in total. The van der Waals surface area contributed by atoms with E-state index in [0.717, 1.165) is 79.5 Å². The van der Waals surface area contributed by atoms with Crippen LogP contribution in [0.3, 0.4) is 0 Å². The topological polar surface area (TPSA) is 61.6 Å². The summed E-state index contributed by atoms with van der Waals surface area (Å²) >= 11 is 0. The monoisotopic (exact) mass is 556 g/mol. The standard InChI is InChI=1S/C35H48N4O2/c1-6-22-38(24-21-27-15-13-16-27)31(9-4)39(23-7-2)35(40)32(26(5)8-3)37-33(28-19-14-20-28)30-25-41-34(36-30)29-17-11-10-12-18-29/h7,9-12,17-18,25,27,37H,2,6,8,13-16,19-24H2,1,3-5H3/b31-9-,32-26-. The maximum atomic E-state index is 14.5. The van der Waals surface area contributed by atoms with Crippen LogP contribution in [0, 0.1) is 5.92 Å². The predicted molar refractivity (Wildman–Crippen MR) is 168 cm³/mol. The second-order valence-corrected chi connectivity index (χ2v) is 11.3. The Morgan fingerprint density at radius 1 is 1.15 bits per heavy atom. The molecule has 2 saturated carbocycles. The number of allylic oxidation sites excluding steroid dienone is 3. The number of nitrogens with one attached hydrogen (secondary N) is 1. The van der Waals surface area contributed by atoms with Crippen LogP contribution in [0.2, 0.25) is 0 Å². The Balaban J connectivity index is 1.64. The molecule has 2 aromatic rings. The van der Waals surface area contributed by atoms with E-state index in [-0.39, 0.29) is 5.91 Å². The van der Waals surface area contributed by atoms with Crippen LogP contribution in [0.15, 0.2) is 82.4 Å². The number of oxazole rings is 1. The Morgan fingerprint density at radius 2 is 1.90 bits per heavy atom. The summed E-state index contributed by atoms with van der Waals surface area (Å²) in [6.45, 7) is 14.7. The number of nitrogens with zero attached hydrogens (tertiary/aromatic N) is 3. The Bertz CT molecular complexity index is 1260. The van der Waals surface area contributed by atoms with E-state index in [2.05, 4.69) is 36.7 Å². The van der Waals surface area contributed by atoms with Crippen molar-refractivity contribution in [3.8, 4) is 11.5 Å². The minimum Gasteiger partial charge on any atom is -0.444 e. The highest BCUT2D eigenvalue weighted by Crippen LogP contribution is 2.34. The predicted octanol–water partition coefficient (Wildman–Crippen LogP) is 8.29. The van der Waals surface area contributed by atoms with Crippen LogP contribution in [0.25, 0.3) is 17.2 Å². The molecule has 2 aliphatic rings. The molecule has 1 heterocycles. The Hall–Kier alpha value is -3.54. The molecule has 41 heavy (non-hydrogen) atoms. The first-order chi connectivity index (χ1) is 20.0. The average molecular weight is 557 g/mol. The third-order valence-corrected chi connectivity index (χ3v) is 8.45. The number of hydrogen-bond donors (Lipinski definition) is 1. The fourth-order valence-electron chi connectivity index (χ4n) is 5.47. The van der Waals surface area contributed by atoms with Gasteiger partial charge in [0.2, 0.25) is 5.89 Å². The van der Waals surface area contributed by atoms with Crippen molar-refractivity contribution in [2.45, 2.75) is 85.5 Å². The molecule has 2 fully saturated rings. The third-order valence-electron chi connectivity index (χ3n) is 8.45. The van der Waals surface area contributed by atoms with E-state index in [4.69, 9.17) is 9.40 Å². The van der Waals surface area contributed by atoms with Crippen LogP contribution in [0.5, 0.6) is 0 Å². The zero-order valence-electron chi connectivity index (χ0n) is 25.5. The van der Waals surface area contributed by atoms with E-state index in [1.165, 1.54) is 31.3 Å². The van der Waals surface area contributed by atoms with Gasteiger partial charge >= 0.3 is 0 Å². The summed E-state index contributed by atoms with van der Waals surface area (Å²) in [5, 5.41) is 3.61. The maximum absolute atomic E-state index is 14.5. The molecule has 0 radical (unpaired) electrons. The van der Waals surface area contributed by atoms with Gasteiger partial charge in [-0.15, -0.1) is 6.58 Å². The van der Waals surface area contributed by atoms with Crippen molar-refractivity contribution in [3.63, 3.8) is 0 Å². The van der Waals surface area contributed by atoms with Crippen LogP contribution in [-0.4, -0.2) is 40.3 Å². The fourth-order valence-corrected chi connectivity index (χ4v) is 5.47. The molecule has 1 aromatic carbocycles. The number of benzene rings is 1. The van der Waals surface area contributed by atoms with E-state index in [0.29, 0.717) is 18.1 Å². The second kappa shape index (κ2) is 14.9. The van der Waals surface area contributed by atoms with E-state index < -0.39 is 0 Å². The molecule has 0 atom stereocenters. The van der Waals surface area contributed by atoms with Gasteiger partial charge in [0.1, 0.15) is 23.5 Å². The molecule has 6 heteroatoms. The fraction of sp³-hybridized carbons (Fsp3) is 0.486. The first-order valence-electron chi connectivity index (χ1n) is 15.5. The first kappa shape index (κ1) is 30.4. The third kappa shape index (κ3) is 7.41. The zero-order valence-corrected chi connectivity index (χ0v) is 25.5. The second-order valence-electron chi connectivity index (χ2n) is 11.3. The first-order valence-corrected chi connectivity index (χ1v) is 15.5. The molecule has 0 spiro atoms. The van der Waals surface area contributed by atoms with Gasteiger partial charge in [-0.2, -0.15) is 0 Å². The quantitative estimate of drug-likeness (QED) is 0.177. The number of carbonyl (C=O) groups excluding carboxylic acids is 1.